The Kier molecular flexibility index (Phi) is 5.11. The minimum absolute atomic E-state index is 0.0889. The Bertz CT molecular complexity index is 509. The molecule has 0 bridgehead atoms. The predicted octanol–water partition coefficient (Wildman–Crippen LogP) is 3.55. The number of rotatable bonds is 6. The van der Waals surface area contributed by atoms with E-state index in [-0.39, 0.29) is 5.75 Å². The third kappa shape index (κ3) is 5.39. The fourth-order valence-corrected chi connectivity index (χ4v) is 3.05. The van der Waals surface area contributed by atoms with Crippen molar-refractivity contribution < 1.29 is 17.9 Å². The molecule has 0 aromatic heterocycles. The lowest BCUT2D eigenvalue weighted by atomic mass is 10.0. The van der Waals surface area contributed by atoms with Gasteiger partial charge >= 0.3 is 6.36 Å². The zero-order chi connectivity index (χ0) is 16.3. The van der Waals surface area contributed by atoms with E-state index in [1.807, 2.05) is 0 Å². The van der Waals surface area contributed by atoms with Crippen molar-refractivity contribution in [3.05, 3.63) is 29.8 Å². The molecule has 1 aliphatic carbocycles. The minimum atomic E-state index is -4.64. The molecule has 6 heteroatoms. The number of halogens is 3. The SMILES string of the molecule is FC(F)(F)Oc1ccccc1CN1CCC(NCC2CC2)CC1. The molecule has 1 saturated carbocycles. The number of nitrogens with zero attached hydrogens (tertiary/aromatic N) is 1. The second-order valence-corrected chi connectivity index (χ2v) is 6.56. The second kappa shape index (κ2) is 7.09. The van der Waals surface area contributed by atoms with Crippen molar-refractivity contribution in [2.24, 2.45) is 5.92 Å². The van der Waals surface area contributed by atoms with Gasteiger partial charge in [-0.25, -0.2) is 0 Å². The number of ether oxygens (including phenoxy) is 1. The summed E-state index contributed by atoms with van der Waals surface area (Å²) in [5.41, 5.74) is 0.592. The molecule has 1 aliphatic heterocycles. The third-order valence-electron chi connectivity index (χ3n) is 4.57. The molecule has 1 aromatic carbocycles. The first-order valence-electron chi connectivity index (χ1n) is 8.29. The van der Waals surface area contributed by atoms with Crippen molar-refractivity contribution in [3.8, 4) is 5.75 Å². The van der Waals surface area contributed by atoms with Gasteiger partial charge in [0.15, 0.2) is 0 Å². The fourth-order valence-electron chi connectivity index (χ4n) is 3.05. The van der Waals surface area contributed by atoms with Crippen LogP contribution >= 0.6 is 0 Å². The maximum Gasteiger partial charge on any atom is 0.573 e. The van der Waals surface area contributed by atoms with E-state index in [2.05, 4.69) is 15.0 Å². The third-order valence-corrected chi connectivity index (χ3v) is 4.57. The van der Waals surface area contributed by atoms with Gasteiger partial charge in [0.1, 0.15) is 5.75 Å². The molecule has 2 aliphatic rings. The maximum absolute atomic E-state index is 12.5. The molecule has 0 radical (unpaired) electrons. The van der Waals surface area contributed by atoms with Crippen molar-refractivity contribution in [1.82, 2.24) is 10.2 Å². The smallest absolute Gasteiger partial charge is 0.405 e. The highest BCUT2D eigenvalue weighted by Gasteiger charge is 2.32. The molecule has 0 unspecified atom stereocenters. The zero-order valence-corrected chi connectivity index (χ0v) is 13.1. The standard InChI is InChI=1S/C17H23F3N2O/c18-17(19,20)23-16-4-2-1-3-14(16)12-22-9-7-15(8-10-22)21-11-13-5-6-13/h1-4,13,15,21H,5-12H2. The van der Waals surface area contributed by atoms with Gasteiger partial charge in [-0.1, -0.05) is 18.2 Å². The van der Waals surface area contributed by atoms with Crippen molar-refractivity contribution in [2.45, 2.75) is 44.6 Å². The molecule has 23 heavy (non-hydrogen) atoms. The molecule has 3 nitrogen and oxygen atoms in total. The highest BCUT2D eigenvalue weighted by molar-refractivity contribution is 5.33. The molecule has 1 saturated heterocycles. The van der Waals surface area contributed by atoms with E-state index in [1.54, 1.807) is 18.2 Å². The normalized spacial score (nSPS) is 20.7. The van der Waals surface area contributed by atoms with E-state index < -0.39 is 6.36 Å². The van der Waals surface area contributed by atoms with Gasteiger partial charge in [-0.15, -0.1) is 13.2 Å². The van der Waals surface area contributed by atoms with Crippen LogP contribution in [0.25, 0.3) is 0 Å². The first kappa shape index (κ1) is 16.6. The number of piperidine rings is 1. The predicted molar refractivity (Wildman–Crippen MR) is 82.2 cm³/mol. The van der Waals surface area contributed by atoms with E-state index in [9.17, 15) is 13.2 Å². The Labute approximate surface area is 134 Å². The average molecular weight is 328 g/mol. The summed E-state index contributed by atoms with van der Waals surface area (Å²) in [5.74, 6) is 0.786. The Morgan fingerprint density at radius 1 is 1.09 bits per heavy atom. The van der Waals surface area contributed by atoms with Crippen LogP contribution in [-0.4, -0.2) is 36.9 Å². The first-order valence-corrected chi connectivity index (χ1v) is 8.29. The minimum Gasteiger partial charge on any atom is -0.405 e. The topological polar surface area (TPSA) is 24.5 Å². The summed E-state index contributed by atoms with van der Waals surface area (Å²) in [6, 6.07) is 6.96. The number of likely N-dealkylation sites (tertiary alicyclic amines) is 1. The lowest BCUT2D eigenvalue weighted by molar-refractivity contribution is -0.275. The van der Waals surface area contributed by atoms with Gasteiger partial charge in [-0.2, -0.15) is 0 Å². The van der Waals surface area contributed by atoms with Gasteiger partial charge in [0.25, 0.3) is 0 Å². The number of alkyl halides is 3. The summed E-state index contributed by atoms with van der Waals surface area (Å²) in [6.45, 7) is 3.43. The molecule has 2 fully saturated rings. The van der Waals surface area contributed by atoms with Gasteiger partial charge in [0.2, 0.25) is 0 Å². The highest BCUT2D eigenvalue weighted by Crippen LogP contribution is 2.29. The zero-order valence-electron chi connectivity index (χ0n) is 13.1. The number of para-hydroxylation sites is 1. The van der Waals surface area contributed by atoms with Crippen molar-refractivity contribution in [1.29, 1.82) is 0 Å². The Hall–Kier alpha value is -1.27. The molecule has 128 valence electrons. The van der Waals surface area contributed by atoms with Gasteiger partial charge in [-0.3, -0.25) is 4.90 Å². The van der Waals surface area contributed by atoms with Crippen LogP contribution in [0.5, 0.6) is 5.75 Å². The molecule has 3 rings (SSSR count). The van der Waals surface area contributed by atoms with E-state index in [1.165, 1.54) is 18.9 Å². The van der Waals surface area contributed by atoms with Crippen LogP contribution in [-0.2, 0) is 6.54 Å². The Morgan fingerprint density at radius 3 is 2.43 bits per heavy atom. The molecule has 0 amide bonds. The van der Waals surface area contributed by atoms with Crippen LogP contribution in [0.15, 0.2) is 24.3 Å². The number of nitrogens with one attached hydrogen (secondary N) is 1. The van der Waals surface area contributed by atoms with Crippen LogP contribution in [0.2, 0.25) is 0 Å². The molecular weight excluding hydrogens is 305 g/mol. The molecule has 0 atom stereocenters. The largest absolute Gasteiger partial charge is 0.573 e. The summed E-state index contributed by atoms with van der Waals surface area (Å²) in [4.78, 5) is 2.20. The Balaban J connectivity index is 1.50. The van der Waals surface area contributed by atoms with Crippen molar-refractivity contribution >= 4 is 0 Å². The van der Waals surface area contributed by atoms with Crippen LogP contribution in [0.4, 0.5) is 13.2 Å². The van der Waals surface area contributed by atoms with Crippen LogP contribution in [0, 0.1) is 5.92 Å². The Morgan fingerprint density at radius 2 is 1.78 bits per heavy atom. The summed E-state index contributed by atoms with van der Waals surface area (Å²) < 4.78 is 41.5. The summed E-state index contributed by atoms with van der Waals surface area (Å²) >= 11 is 0. The number of hydrogen-bond donors (Lipinski definition) is 1. The molecular formula is C17H23F3N2O. The summed E-state index contributed by atoms with van der Waals surface area (Å²) in [5, 5.41) is 3.61. The van der Waals surface area contributed by atoms with Crippen LogP contribution < -0.4 is 10.1 Å². The van der Waals surface area contributed by atoms with E-state index in [0.717, 1.165) is 38.4 Å². The van der Waals surface area contributed by atoms with Crippen molar-refractivity contribution in [3.63, 3.8) is 0 Å². The molecule has 1 aromatic rings. The molecule has 1 heterocycles. The molecule has 1 N–H and O–H groups in total. The van der Waals surface area contributed by atoms with Gasteiger partial charge in [0.05, 0.1) is 0 Å². The van der Waals surface area contributed by atoms with Gasteiger partial charge in [0, 0.05) is 18.2 Å². The molecule has 0 spiro atoms. The monoisotopic (exact) mass is 328 g/mol. The average Bonchev–Trinajstić information content (AvgIpc) is 3.31. The second-order valence-electron chi connectivity index (χ2n) is 6.56. The van der Waals surface area contributed by atoms with Gasteiger partial charge in [-0.05, 0) is 57.3 Å². The quantitative estimate of drug-likeness (QED) is 0.864. The number of benzene rings is 1. The van der Waals surface area contributed by atoms with E-state index >= 15 is 0 Å². The summed E-state index contributed by atoms with van der Waals surface area (Å²) in [6.07, 6.45) is 0.156. The van der Waals surface area contributed by atoms with Crippen LogP contribution in [0.1, 0.15) is 31.2 Å². The van der Waals surface area contributed by atoms with Crippen LogP contribution in [0.3, 0.4) is 0 Å². The maximum atomic E-state index is 12.5. The lowest BCUT2D eigenvalue weighted by Gasteiger charge is -2.32. The highest BCUT2D eigenvalue weighted by atomic mass is 19.4. The lowest BCUT2D eigenvalue weighted by Crippen LogP contribution is -2.42. The van der Waals surface area contributed by atoms with E-state index in [0.29, 0.717) is 18.2 Å². The number of hydrogen-bond acceptors (Lipinski definition) is 3. The van der Waals surface area contributed by atoms with Gasteiger partial charge < -0.3 is 10.1 Å². The fraction of sp³-hybridized carbons (Fsp3) is 0.647. The first-order chi connectivity index (χ1) is 11.0. The van der Waals surface area contributed by atoms with E-state index in [4.69, 9.17) is 0 Å². The summed E-state index contributed by atoms with van der Waals surface area (Å²) in [7, 11) is 0. The van der Waals surface area contributed by atoms with Crippen molar-refractivity contribution in [2.75, 3.05) is 19.6 Å².